The lowest BCUT2D eigenvalue weighted by Crippen LogP contribution is -2.49. The monoisotopic (exact) mass is 319 g/mol. The predicted molar refractivity (Wildman–Crippen MR) is 87.6 cm³/mol. The van der Waals surface area contributed by atoms with Gasteiger partial charge in [-0.1, -0.05) is 6.92 Å². The predicted octanol–water partition coefficient (Wildman–Crippen LogP) is 0.857. The molecule has 0 radical (unpaired) electrons. The Kier molecular flexibility index (Phi) is 4.97. The van der Waals surface area contributed by atoms with Gasteiger partial charge < -0.3 is 14.2 Å². The van der Waals surface area contributed by atoms with Crippen LogP contribution in [0.25, 0.3) is 5.65 Å². The van der Waals surface area contributed by atoms with Crippen LogP contribution in [0.1, 0.15) is 23.7 Å². The van der Waals surface area contributed by atoms with Crippen LogP contribution < -0.4 is 0 Å². The van der Waals surface area contributed by atoms with E-state index in [0.717, 1.165) is 58.0 Å². The Hall–Kier alpha value is -1.86. The zero-order valence-corrected chi connectivity index (χ0v) is 13.9. The van der Waals surface area contributed by atoms with E-state index in [4.69, 9.17) is 4.74 Å². The largest absolute Gasteiger partial charge is 0.380 e. The number of piperazine rings is 1. The van der Waals surface area contributed by atoms with Crippen LogP contribution in [0.4, 0.5) is 0 Å². The lowest BCUT2D eigenvalue weighted by atomic mass is 10.2. The minimum absolute atomic E-state index is 0.0729. The highest BCUT2D eigenvalue weighted by Gasteiger charge is 2.25. The summed E-state index contributed by atoms with van der Waals surface area (Å²) in [5, 5.41) is 4.25. The van der Waals surface area contributed by atoms with E-state index in [2.05, 4.69) is 16.9 Å². The van der Waals surface area contributed by atoms with Gasteiger partial charge in [-0.2, -0.15) is 5.10 Å². The molecular formula is C16H25N5O2. The first-order valence-corrected chi connectivity index (χ1v) is 8.28. The van der Waals surface area contributed by atoms with Gasteiger partial charge >= 0.3 is 0 Å². The molecule has 0 atom stereocenters. The van der Waals surface area contributed by atoms with E-state index in [1.807, 2.05) is 28.9 Å². The maximum absolute atomic E-state index is 12.7. The molecule has 1 aliphatic rings. The fourth-order valence-electron chi connectivity index (χ4n) is 2.99. The second kappa shape index (κ2) is 7.14. The van der Waals surface area contributed by atoms with Crippen molar-refractivity contribution in [1.82, 2.24) is 24.0 Å². The van der Waals surface area contributed by atoms with Crippen LogP contribution in [-0.2, 0) is 11.8 Å². The summed E-state index contributed by atoms with van der Waals surface area (Å²) in [5.74, 6) is 0.0729. The first-order chi connectivity index (χ1) is 11.2. The highest BCUT2D eigenvalue weighted by molar-refractivity contribution is 5.99. The maximum atomic E-state index is 12.7. The van der Waals surface area contributed by atoms with Gasteiger partial charge in [0, 0.05) is 58.8 Å². The number of hydrogen-bond donors (Lipinski definition) is 0. The van der Waals surface area contributed by atoms with Crippen LogP contribution in [0.15, 0.2) is 18.6 Å². The van der Waals surface area contributed by atoms with Crippen molar-refractivity contribution in [2.24, 2.45) is 7.05 Å². The van der Waals surface area contributed by atoms with Gasteiger partial charge in [0.1, 0.15) is 11.2 Å². The number of amides is 1. The summed E-state index contributed by atoms with van der Waals surface area (Å²) in [6.07, 6.45) is 6.50. The van der Waals surface area contributed by atoms with E-state index in [1.165, 1.54) is 0 Å². The van der Waals surface area contributed by atoms with Crippen molar-refractivity contribution in [2.75, 3.05) is 45.9 Å². The topological polar surface area (TPSA) is 55.0 Å². The summed E-state index contributed by atoms with van der Waals surface area (Å²) in [5.41, 5.74) is 1.53. The smallest absolute Gasteiger partial charge is 0.259 e. The average Bonchev–Trinajstić information content (AvgIpc) is 3.15. The third kappa shape index (κ3) is 3.40. The molecule has 1 saturated heterocycles. The highest BCUT2D eigenvalue weighted by Crippen LogP contribution is 2.14. The zero-order valence-electron chi connectivity index (χ0n) is 13.9. The molecule has 0 unspecified atom stereocenters. The summed E-state index contributed by atoms with van der Waals surface area (Å²) < 4.78 is 9.21. The number of ether oxygens (including phenoxy) is 1. The number of rotatable bonds is 6. The van der Waals surface area contributed by atoms with E-state index in [0.29, 0.717) is 5.56 Å². The molecule has 0 aromatic carbocycles. The van der Waals surface area contributed by atoms with Crippen molar-refractivity contribution in [3.05, 3.63) is 24.2 Å². The van der Waals surface area contributed by atoms with Crippen molar-refractivity contribution in [3.63, 3.8) is 0 Å². The molecule has 0 bridgehead atoms. The van der Waals surface area contributed by atoms with E-state index in [1.54, 1.807) is 10.7 Å². The molecule has 126 valence electrons. The minimum atomic E-state index is 0.0729. The standard InChI is InChI=1S/C16H25N5O2/c1-3-11-23-12-10-19-5-7-20(8-6-19)16(22)14-13-17-21-9-4-18(2)15(14)21/h4,9,13H,3,5-8,10-12H2,1-2H3. The number of hydrogen-bond acceptors (Lipinski definition) is 4. The number of aromatic nitrogens is 3. The third-order valence-electron chi connectivity index (χ3n) is 4.32. The van der Waals surface area contributed by atoms with Crippen molar-refractivity contribution in [1.29, 1.82) is 0 Å². The molecule has 0 saturated carbocycles. The maximum Gasteiger partial charge on any atom is 0.259 e. The molecule has 3 rings (SSSR count). The van der Waals surface area contributed by atoms with E-state index in [-0.39, 0.29) is 5.91 Å². The summed E-state index contributed by atoms with van der Waals surface area (Å²) in [7, 11) is 1.93. The number of carbonyl (C=O) groups excluding carboxylic acids is 1. The normalized spacial score (nSPS) is 16.3. The Labute approximate surface area is 136 Å². The summed E-state index contributed by atoms with van der Waals surface area (Å²) in [6, 6.07) is 0. The van der Waals surface area contributed by atoms with Crippen molar-refractivity contribution >= 4 is 11.6 Å². The average molecular weight is 319 g/mol. The molecule has 1 aliphatic heterocycles. The number of nitrogens with zero attached hydrogens (tertiary/aromatic N) is 5. The molecule has 0 N–H and O–H groups in total. The van der Waals surface area contributed by atoms with Gasteiger partial charge in [0.25, 0.3) is 5.91 Å². The number of imidazole rings is 1. The van der Waals surface area contributed by atoms with Gasteiger partial charge in [0.05, 0.1) is 12.8 Å². The number of carbonyl (C=O) groups is 1. The minimum Gasteiger partial charge on any atom is -0.380 e. The molecule has 7 heteroatoms. The van der Waals surface area contributed by atoms with Crippen molar-refractivity contribution < 1.29 is 9.53 Å². The van der Waals surface area contributed by atoms with Crippen molar-refractivity contribution in [2.45, 2.75) is 13.3 Å². The van der Waals surface area contributed by atoms with Crippen LogP contribution in [0, 0.1) is 0 Å². The van der Waals surface area contributed by atoms with Gasteiger partial charge in [-0.05, 0) is 6.42 Å². The second-order valence-corrected chi connectivity index (χ2v) is 5.98. The Morgan fingerprint density at radius 1 is 1.22 bits per heavy atom. The molecular weight excluding hydrogens is 294 g/mol. The SMILES string of the molecule is CCCOCCN1CCN(C(=O)c2cnn3ccn(C)c23)CC1. The van der Waals surface area contributed by atoms with Gasteiger partial charge in [-0.25, -0.2) is 4.52 Å². The third-order valence-corrected chi connectivity index (χ3v) is 4.32. The van der Waals surface area contributed by atoms with Crippen molar-refractivity contribution in [3.8, 4) is 0 Å². The molecule has 1 amide bonds. The highest BCUT2D eigenvalue weighted by atomic mass is 16.5. The van der Waals surface area contributed by atoms with Crippen LogP contribution in [-0.4, -0.2) is 75.8 Å². The quantitative estimate of drug-likeness (QED) is 0.741. The first-order valence-electron chi connectivity index (χ1n) is 8.28. The molecule has 23 heavy (non-hydrogen) atoms. The Morgan fingerprint density at radius 3 is 2.74 bits per heavy atom. The van der Waals surface area contributed by atoms with Crippen LogP contribution in [0.2, 0.25) is 0 Å². The van der Waals surface area contributed by atoms with Crippen LogP contribution in [0.3, 0.4) is 0 Å². The molecule has 2 aromatic rings. The molecule has 0 spiro atoms. The zero-order chi connectivity index (χ0) is 16.2. The molecule has 2 aromatic heterocycles. The molecule has 7 nitrogen and oxygen atoms in total. The molecule has 3 heterocycles. The first kappa shape index (κ1) is 16.0. The Morgan fingerprint density at radius 2 is 2.00 bits per heavy atom. The summed E-state index contributed by atoms with van der Waals surface area (Å²) in [4.78, 5) is 17.0. The molecule has 0 aliphatic carbocycles. The van der Waals surface area contributed by atoms with Crippen LogP contribution >= 0.6 is 0 Å². The van der Waals surface area contributed by atoms with Gasteiger partial charge in [-0.3, -0.25) is 9.69 Å². The Balaban J connectivity index is 1.55. The van der Waals surface area contributed by atoms with Gasteiger partial charge in [-0.15, -0.1) is 0 Å². The van der Waals surface area contributed by atoms with E-state index < -0.39 is 0 Å². The van der Waals surface area contributed by atoms with E-state index in [9.17, 15) is 4.79 Å². The number of aryl methyl sites for hydroxylation is 1. The van der Waals surface area contributed by atoms with Gasteiger partial charge in [0.15, 0.2) is 0 Å². The lowest BCUT2D eigenvalue weighted by molar-refractivity contribution is 0.0553. The summed E-state index contributed by atoms with van der Waals surface area (Å²) in [6.45, 7) is 7.98. The summed E-state index contributed by atoms with van der Waals surface area (Å²) >= 11 is 0. The van der Waals surface area contributed by atoms with Crippen LogP contribution in [0.5, 0.6) is 0 Å². The lowest BCUT2D eigenvalue weighted by Gasteiger charge is -2.34. The molecule has 1 fully saturated rings. The second-order valence-electron chi connectivity index (χ2n) is 5.98. The fraction of sp³-hybridized carbons (Fsp3) is 0.625. The van der Waals surface area contributed by atoms with E-state index >= 15 is 0 Å². The Bertz CT molecular complexity index is 655. The van der Waals surface area contributed by atoms with Gasteiger partial charge in [0.2, 0.25) is 0 Å². The fourth-order valence-corrected chi connectivity index (χ4v) is 2.99. The number of fused-ring (bicyclic) bond motifs is 1.